The SMILES string of the molecule is C=C(C=NC(=CCC)C(F)(F)F)c1ccc(CN2CCC3(CC2)CN(c2ccc(C(=O)O)cc2)C(=O)O3)cc1COC. The Kier molecular flexibility index (Phi) is 9.53. The maximum atomic E-state index is 13.2. The summed E-state index contributed by atoms with van der Waals surface area (Å²) < 4.78 is 50.8. The summed E-state index contributed by atoms with van der Waals surface area (Å²) in [4.78, 5) is 31.3. The van der Waals surface area contributed by atoms with E-state index in [0.29, 0.717) is 55.8 Å². The van der Waals surface area contributed by atoms with Crippen molar-refractivity contribution >= 4 is 29.5 Å². The molecule has 2 aromatic rings. The number of benzene rings is 2. The highest BCUT2D eigenvalue weighted by atomic mass is 19.4. The third-order valence-electron chi connectivity index (χ3n) is 7.43. The number of hydrogen-bond acceptors (Lipinski definition) is 6. The average Bonchev–Trinajstić information content (AvgIpc) is 3.27. The number of carboxylic acid groups (broad SMARTS) is 1. The molecule has 0 bridgehead atoms. The van der Waals surface area contributed by atoms with Crippen LogP contribution in [0, 0.1) is 0 Å². The van der Waals surface area contributed by atoms with E-state index in [9.17, 15) is 22.8 Å². The van der Waals surface area contributed by atoms with Crippen molar-refractivity contribution in [2.45, 2.75) is 51.1 Å². The van der Waals surface area contributed by atoms with Gasteiger partial charge in [0.25, 0.3) is 0 Å². The number of aromatic carboxylic acids is 1. The summed E-state index contributed by atoms with van der Waals surface area (Å²) in [7, 11) is 1.55. The summed E-state index contributed by atoms with van der Waals surface area (Å²) in [6, 6.07) is 11.9. The number of halogens is 3. The fourth-order valence-corrected chi connectivity index (χ4v) is 5.23. The van der Waals surface area contributed by atoms with Crippen LogP contribution in [0.1, 0.15) is 53.2 Å². The number of alkyl halides is 3. The van der Waals surface area contributed by atoms with Crippen molar-refractivity contribution in [3.8, 4) is 0 Å². The summed E-state index contributed by atoms with van der Waals surface area (Å²) in [6.07, 6.45) is -1.31. The van der Waals surface area contributed by atoms with Crippen molar-refractivity contribution in [3.63, 3.8) is 0 Å². The number of carbonyl (C=O) groups excluding carboxylic acids is 1. The van der Waals surface area contributed by atoms with Gasteiger partial charge in [0.15, 0.2) is 0 Å². The number of likely N-dealkylation sites (tertiary alicyclic amines) is 1. The van der Waals surface area contributed by atoms with Crippen LogP contribution in [-0.4, -0.2) is 66.8 Å². The van der Waals surface area contributed by atoms with E-state index < -0.39 is 29.5 Å². The maximum Gasteiger partial charge on any atom is 0.433 e. The third kappa shape index (κ3) is 7.27. The summed E-state index contributed by atoms with van der Waals surface area (Å²) in [5.41, 5.74) is 2.00. The molecule has 2 fully saturated rings. The van der Waals surface area contributed by atoms with Gasteiger partial charge in [0, 0.05) is 51.5 Å². The smallest absolute Gasteiger partial charge is 0.433 e. The Morgan fingerprint density at radius 1 is 1.19 bits per heavy atom. The molecule has 2 saturated heterocycles. The predicted octanol–water partition coefficient (Wildman–Crippen LogP) is 6.46. The molecular formula is C31H34F3N3O5. The molecule has 42 heavy (non-hydrogen) atoms. The van der Waals surface area contributed by atoms with E-state index in [1.54, 1.807) is 31.1 Å². The summed E-state index contributed by atoms with van der Waals surface area (Å²) in [5.74, 6) is -1.03. The first kappa shape index (κ1) is 31.0. The van der Waals surface area contributed by atoms with Crippen LogP contribution in [0.3, 0.4) is 0 Å². The standard InChI is InChI=1S/C31H34F3N3O5/c1-4-5-27(31(32,33)34)35-17-21(2)26-11-6-22(16-24(26)19-41-3)18-36-14-12-30(13-15-36)20-37(29(40)42-30)25-9-7-23(8-10-25)28(38)39/h5-11,16-17H,2,4,12-15,18-20H2,1,3H3,(H,38,39). The molecule has 2 heterocycles. The highest BCUT2D eigenvalue weighted by Gasteiger charge is 2.47. The maximum absolute atomic E-state index is 13.2. The number of hydrogen-bond donors (Lipinski definition) is 1. The van der Waals surface area contributed by atoms with Gasteiger partial charge in [-0.1, -0.05) is 37.8 Å². The van der Waals surface area contributed by atoms with Crippen molar-refractivity contribution in [2.75, 3.05) is 31.6 Å². The molecule has 0 aliphatic carbocycles. The molecule has 0 radical (unpaired) electrons. The van der Waals surface area contributed by atoms with Gasteiger partial charge < -0.3 is 14.6 Å². The molecule has 1 spiro atoms. The second-order valence-electron chi connectivity index (χ2n) is 10.5. The Morgan fingerprint density at radius 2 is 1.88 bits per heavy atom. The topological polar surface area (TPSA) is 91.7 Å². The molecule has 0 atom stereocenters. The van der Waals surface area contributed by atoms with E-state index in [2.05, 4.69) is 16.5 Å². The predicted molar refractivity (Wildman–Crippen MR) is 154 cm³/mol. The van der Waals surface area contributed by atoms with Gasteiger partial charge in [0.2, 0.25) is 0 Å². The van der Waals surface area contributed by atoms with Crippen molar-refractivity contribution in [2.24, 2.45) is 4.99 Å². The lowest BCUT2D eigenvalue weighted by Crippen LogP contribution is -2.46. The van der Waals surface area contributed by atoms with Crippen molar-refractivity contribution in [3.05, 3.63) is 83.1 Å². The van der Waals surface area contributed by atoms with E-state index in [0.717, 1.165) is 23.4 Å². The van der Waals surface area contributed by atoms with Gasteiger partial charge in [0.1, 0.15) is 11.3 Å². The minimum absolute atomic E-state index is 0.146. The van der Waals surface area contributed by atoms with Gasteiger partial charge >= 0.3 is 18.2 Å². The monoisotopic (exact) mass is 585 g/mol. The van der Waals surface area contributed by atoms with Crippen LogP contribution in [0.25, 0.3) is 5.57 Å². The Morgan fingerprint density at radius 3 is 2.48 bits per heavy atom. The molecular weight excluding hydrogens is 551 g/mol. The Hall–Kier alpha value is -3.96. The van der Waals surface area contributed by atoms with Crippen LogP contribution < -0.4 is 4.90 Å². The van der Waals surface area contributed by atoms with E-state index in [1.165, 1.54) is 12.1 Å². The van der Waals surface area contributed by atoms with E-state index in [-0.39, 0.29) is 18.6 Å². The number of allylic oxidation sites excluding steroid dienone is 3. The number of amides is 1. The highest BCUT2D eigenvalue weighted by molar-refractivity contribution is 6.09. The van der Waals surface area contributed by atoms with Crippen LogP contribution in [0.15, 0.2) is 65.8 Å². The molecule has 0 saturated carbocycles. The minimum Gasteiger partial charge on any atom is -0.478 e. The first-order chi connectivity index (χ1) is 19.9. The Bertz CT molecular complexity index is 1380. The van der Waals surface area contributed by atoms with Crippen LogP contribution in [0.2, 0.25) is 0 Å². The molecule has 11 heteroatoms. The number of nitrogens with zero attached hydrogens (tertiary/aromatic N) is 3. The first-order valence-corrected chi connectivity index (χ1v) is 13.6. The quantitative estimate of drug-likeness (QED) is 0.322. The lowest BCUT2D eigenvalue weighted by molar-refractivity contribution is -0.0925. The second kappa shape index (κ2) is 12.9. The second-order valence-corrected chi connectivity index (χ2v) is 10.5. The van der Waals surface area contributed by atoms with E-state index in [1.807, 2.05) is 18.2 Å². The molecule has 0 aromatic heterocycles. The highest BCUT2D eigenvalue weighted by Crippen LogP contribution is 2.36. The first-order valence-electron chi connectivity index (χ1n) is 13.6. The van der Waals surface area contributed by atoms with Crippen LogP contribution in [0.4, 0.5) is 23.7 Å². The molecule has 1 amide bonds. The summed E-state index contributed by atoms with van der Waals surface area (Å²) in [6.45, 7) is 8.24. The summed E-state index contributed by atoms with van der Waals surface area (Å²) in [5, 5.41) is 9.12. The van der Waals surface area contributed by atoms with Gasteiger partial charge in [-0.15, -0.1) is 0 Å². The van der Waals surface area contributed by atoms with Crippen molar-refractivity contribution < 1.29 is 37.3 Å². The molecule has 2 aliphatic heterocycles. The minimum atomic E-state index is -4.54. The number of anilines is 1. The number of piperidine rings is 1. The average molecular weight is 586 g/mol. The number of aliphatic imine (C=N–C) groups is 1. The van der Waals surface area contributed by atoms with E-state index in [4.69, 9.17) is 14.6 Å². The van der Waals surface area contributed by atoms with Crippen LogP contribution >= 0.6 is 0 Å². The van der Waals surface area contributed by atoms with Crippen molar-refractivity contribution in [1.82, 2.24) is 4.90 Å². The molecule has 8 nitrogen and oxygen atoms in total. The molecule has 0 unspecified atom stereocenters. The number of rotatable bonds is 10. The zero-order chi connectivity index (χ0) is 30.5. The van der Waals surface area contributed by atoms with Gasteiger partial charge in [-0.25, -0.2) is 9.59 Å². The van der Waals surface area contributed by atoms with Crippen LogP contribution in [-0.2, 0) is 22.6 Å². The van der Waals surface area contributed by atoms with E-state index >= 15 is 0 Å². The summed E-state index contributed by atoms with van der Waals surface area (Å²) >= 11 is 0. The number of methoxy groups -OCH3 is 1. The number of carbonyl (C=O) groups is 2. The fraction of sp³-hybridized carbons (Fsp3) is 0.387. The largest absolute Gasteiger partial charge is 0.478 e. The van der Waals surface area contributed by atoms with Gasteiger partial charge in [-0.3, -0.25) is 14.8 Å². The molecule has 4 rings (SSSR count). The zero-order valence-electron chi connectivity index (χ0n) is 23.6. The molecule has 2 aromatic carbocycles. The Labute approximate surface area is 242 Å². The van der Waals surface area contributed by atoms with Gasteiger partial charge in [-0.2, -0.15) is 13.2 Å². The Balaban J connectivity index is 1.39. The van der Waals surface area contributed by atoms with Crippen molar-refractivity contribution in [1.29, 1.82) is 0 Å². The normalized spacial score (nSPS) is 17.7. The molecule has 224 valence electrons. The van der Waals surface area contributed by atoms with Gasteiger partial charge in [-0.05, 0) is 52.9 Å². The zero-order valence-corrected chi connectivity index (χ0v) is 23.6. The molecule has 2 aliphatic rings. The van der Waals surface area contributed by atoms with Crippen LogP contribution in [0.5, 0.6) is 0 Å². The fourth-order valence-electron chi connectivity index (χ4n) is 5.23. The number of ether oxygens (including phenoxy) is 2. The van der Waals surface area contributed by atoms with Gasteiger partial charge in [0.05, 0.1) is 18.7 Å². The lowest BCUT2D eigenvalue weighted by Gasteiger charge is -2.37. The molecule has 1 N–H and O–H groups in total. The third-order valence-corrected chi connectivity index (χ3v) is 7.43. The number of carboxylic acids is 1. The lowest BCUT2D eigenvalue weighted by atomic mass is 9.90.